The van der Waals surface area contributed by atoms with Gasteiger partial charge in [-0.1, -0.05) is 133 Å². The Hall–Kier alpha value is -5.50. The van der Waals surface area contributed by atoms with Crippen molar-refractivity contribution in [2.75, 3.05) is 0 Å². The van der Waals surface area contributed by atoms with Crippen LogP contribution in [0.15, 0.2) is 156 Å². The van der Waals surface area contributed by atoms with Crippen LogP contribution in [0.25, 0.3) is 55.6 Å². The molecule has 0 fully saturated rings. The minimum absolute atomic E-state index is 0.820. The highest BCUT2D eigenvalue weighted by Crippen LogP contribution is 2.45. The summed E-state index contributed by atoms with van der Waals surface area (Å²) in [7, 11) is -3.03. The summed E-state index contributed by atoms with van der Waals surface area (Å²) in [5.41, 5.74) is 7.48. The molecule has 3 nitrogen and oxygen atoms in total. The van der Waals surface area contributed by atoms with E-state index in [0.717, 1.165) is 84.2 Å². The molecule has 0 saturated carbocycles. The van der Waals surface area contributed by atoms with E-state index >= 15 is 0 Å². The van der Waals surface area contributed by atoms with E-state index < -0.39 is 7.14 Å². The van der Waals surface area contributed by atoms with E-state index in [1.807, 2.05) is 66.7 Å². The first-order valence-corrected chi connectivity index (χ1v) is 17.7. The van der Waals surface area contributed by atoms with Crippen molar-refractivity contribution in [3.05, 3.63) is 169 Å². The number of allylic oxidation sites excluding steroid dienone is 1. The van der Waals surface area contributed by atoms with Crippen LogP contribution in [0.5, 0.6) is 0 Å². The Morgan fingerprint density at radius 1 is 0.532 bits per heavy atom. The molecule has 0 aliphatic heterocycles. The molecule has 0 bridgehead atoms. The van der Waals surface area contributed by atoms with Crippen molar-refractivity contribution in [3.63, 3.8) is 0 Å². The van der Waals surface area contributed by atoms with E-state index in [9.17, 15) is 4.57 Å². The third kappa shape index (κ3) is 4.50. The zero-order chi connectivity index (χ0) is 31.4. The van der Waals surface area contributed by atoms with Gasteiger partial charge in [-0.25, -0.2) is 4.98 Å². The van der Waals surface area contributed by atoms with E-state index in [0.29, 0.717) is 0 Å². The largest absolute Gasteiger partial charge is 0.460 e. The van der Waals surface area contributed by atoms with Crippen LogP contribution < -0.4 is 15.9 Å². The predicted molar refractivity (Wildman–Crippen MR) is 196 cm³/mol. The van der Waals surface area contributed by atoms with Gasteiger partial charge in [0.05, 0.1) is 11.2 Å². The maximum Gasteiger partial charge on any atom is 0.171 e. The molecule has 1 aliphatic carbocycles. The molecular weight excluding hydrogens is 593 g/mol. The number of aromatic nitrogens is 1. The topological polar surface area (TPSA) is 43.1 Å². The van der Waals surface area contributed by atoms with Gasteiger partial charge in [-0.3, -0.25) is 0 Å². The Labute approximate surface area is 273 Å². The van der Waals surface area contributed by atoms with Crippen molar-refractivity contribution in [2.45, 2.75) is 12.8 Å². The molecule has 2 heterocycles. The molecule has 0 unspecified atom stereocenters. The lowest BCUT2D eigenvalue weighted by atomic mass is 9.89. The molecule has 47 heavy (non-hydrogen) atoms. The monoisotopic (exact) mass is 623 g/mol. The summed E-state index contributed by atoms with van der Waals surface area (Å²) in [5.74, 6) is 1.02. The van der Waals surface area contributed by atoms with E-state index in [1.54, 1.807) is 0 Å². The number of nitrogens with zero attached hydrogens (tertiary/aromatic N) is 1. The molecule has 0 saturated heterocycles. The maximum absolute atomic E-state index is 14.9. The Kier molecular flexibility index (Phi) is 6.55. The molecule has 2 aromatic heterocycles. The van der Waals surface area contributed by atoms with Gasteiger partial charge in [-0.05, 0) is 41.8 Å². The third-order valence-corrected chi connectivity index (χ3v) is 12.5. The molecule has 9 rings (SSSR count). The second-order valence-electron chi connectivity index (χ2n) is 12.1. The van der Waals surface area contributed by atoms with Crippen LogP contribution in [0.1, 0.15) is 23.3 Å². The van der Waals surface area contributed by atoms with Crippen molar-refractivity contribution in [2.24, 2.45) is 0 Å². The van der Waals surface area contributed by atoms with Crippen LogP contribution in [0.4, 0.5) is 0 Å². The fraction of sp³-hybridized carbons (Fsp3) is 0.0465. The van der Waals surface area contributed by atoms with Crippen molar-refractivity contribution >= 4 is 67.3 Å². The van der Waals surface area contributed by atoms with Gasteiger partial charge in [0, 0.05) is 55.0 Å². The summed E-state index contributed by atoms with van der Waals surface area (Å²) in [5, 5.41) is 7.08. The fourth-order valence-electron chi connectivity index (χ4n) is 7.19. The Balaban J connectivity index is 1.20. The number of para-hydroxylation sites is 1. The van der Waals surface area contributed by atoms with Crippen molar-refractivity contribution in [3.8, 4) is 11.3 Å². The van der Waals surface area contributed by atoms with Gasteiger partial charge in [0.1, 0.15) is 11.3 Å². The first-order chi connectivity index (χ1) is 23.2. The Morgan fingerprint density at radius 2 is 1.15 bits per heavy atom. The molecule has 0 amide bonds. The number of rotatable bonds is 5. The number of hydrogen-bond donors (Lipinski definition) is 0. The van der Waals surface area contributed by atoms with Crippen LogP contribution in [0.2, 0.25) is 0 Å². The highest BCUT2D eigenvalue weighted by Gasteiger charge is 2.30. The second kappa shape index (κ2) is 11.1. The van der Waals surface area contributed by atoms with Crippen molar-refractivity contribution < 1.29 is 8.98 Å². The van der Waals surface area contributed by atoms with E-state index in [1.165, 1.54) is 11.0 Å². The zero-order valence-corrected chi connectivity index (χ0v) is 26.5. The van der Waals surface area contributed by atoms with Gasteiger partial charge >= 0.3 is 0 Å². The Bertz CT molecular complexity index is 2470. The molecule has 0 N–H and O–H groups in total. The lowest BCUT2D eigenvalue weighted by Crippen LogP contribution is -2.24. The first kappa shape index (κ1) is 27.8. The van der Waals surface area contributed by atoms with Crippen LogP contribution in [-0.4, -0.2) is 4.98 Å². The van der Waals surface area contributed by atoms with Crippen LogP contribution in [0.3, 0.4) is 0 Å². The van der Waals surface area contributed by atoms with E-state index in [-0.39, 0.29) is 0 Å². The van der Waals surface area contributed by atoms with Crippen LogP contribution >= 0.6 is 7.14 Å². The Morgan fingerprint density at radius 3 is 1.85 bits per heavy atom. The average molecular weight is 624 g/mol. The molecule has 0 spiro atoms. The summed E-state index contributed by atoms with van der Waals surface area (Å²) in [6, 6.07) is 51.2. The molecular formula is C43H30NO2P. The number of furan rings is 1. The summed E-state index contributed by atoms with van der Waals surface area (Å²) in [6.45, 7) is 0. The number of hydrogen-bond acceptors (Lipinski definition) is 3. The zero-order valence-electron chi connectivity index (χ0n) is 25.6. The molecule has 0 radical (unpaired) electrons. The lowest BCUT2D eigenvalue weighted by molar-refractivity contribution is 0.548. The van der Waals surface area contributed by atoms with Gasteiger partial charge in [0.25, 0.3) is 0 Å². The highest BCUT2D eigenvalue weighted by atomic mass is 31.2. The normalized spacial score (nSPS) is 13.1. The predicted octanol–water partition coefficient (Wildman–Crippen LogP) is 9.93. The molecule has 4 heteroatoms. The molecule has 8 aromatic rings. The quantitative estimate of drug-likeness (QED) is 0.142. The number of fused-ring (bicyclic) bond motifs is 7. The second-order valence-corrected chi connectivity index (χ2v) is 14.9. The summed E-state index contributed by atoms with van der Waals surface area (Å²) in [6.07, 6.45) is 4.00. The number of aryl methyl sites for hydroxylation is 1. The van der Waals surface area contributed by atoms with Gasteiger partial charge in [0.2, 0.25) is 0 Å². The highest BCUT2D eigenvalue weighted by molar-refractivity contribution is 7.85. The summed E-state index contributed by atoms with van der Waals surface area (Å²) >= 11 is 0. The molecule has 6 aromatic carbocycles. The van der Waals surface area contributed by atoms with Crippen molar-refractivity contribution in [1.82, 2.24) is 4.98 Å². The van der Waals surface area contributed by atoms with Crippen LogP contribution in [-0.2, 0) is 11.0 Å². The lowest BCUT2D eigenvalue weighted by Gasteiger charge is -2.21. The third-order valence-electron chi connectivity index (χ3n) is 9.46. The summed E-state index contributed by atoms with van der Waals surface area (Å²) in [4.78, 5) is 5.14. The average Bonchev–Trinajstić information content (AvgIpc) is 3.53. The van der Waals surface area contributed by atoms with E-state index in [4.69, 9.17) is 9.40 Å². The smallest absolute Gasteiger partial charge is 0.171 e. The fourth-order valence-corrected chi connectivity index (χ4v) is 9.84. The summed E-state index contributed by atoms with van der Waals surface area (Å²) < 4.78 is 21.4. The van der Waals surface area contributed by atoms with Crippen LogP contribution in [0, 0.1) is 0 Å². The van der Waals surface area contributed by atoms with Gasteiger partial charge in [-0.15, -0.1) is 0 Å². The number of benzene rings is 6. The van der Waals surface area contributed by atoms with Gasteiger partial charge in [-0.2, -0.15) is 0 Å². The van der Waals surface area contributed by atoms with Gasteiger partial charge in [0.15, 0.2) is 7.14 Å². The standard InChI is InChI=1S/C43H30NO2P/c45-47(32-14-6-2-7-15-32,33-16-8-3-9-17-33)34-23-20-29(21-24-34)31-22-26-39-37(28-31)42-40(46-39)27-25-36-41(42)35-18-10-11-19-38(35)44-43(36)30-12-4-1-5-13-30/h1-21,23-25,27-28H,22,26H2. The van der Waals surface area contributed by atoms with Crippen molar-refractivity contribution in [1.29, 1.82) is 0 Å². The minimum Gasteiger partial charge on any atom is -0.460 e. The van der Waals surface area contributed by atoms with E-state index in [2.05, 4.69) is 91.0 Å². The first-order valence-electron chi connectivity index (χ1n) is 16.0. The number of pyridine rings is 1. The molecule has 0 atom stereocenters. The minimum atomic E-state index is -3.03. The SMILES string of the molecule is O=P(c1ccccc1)(c1ccccc1)c1ccc(C2=Cc3c(oc4ccc5c(-c6ccccc6)nc6ccccc6c5c34)CC2)cc1. The van der Waals surface area contributed by atoms with Gasteiger partial charge < -0.3 is 8.98 Å². The molecule has 1 aliphatic rings. The maximum atomic E-state index is 14.9. The molecule has 224 valence electrons.